The summed E-state index contributed by atoms with van der Waals surface area (Å²) in [5.74, 6) is 1.46. The Hall–Kier alpha value is -3.22. The van der Waals surface area contributed by atoms with E-state index in [9.17, 15) is 4.79 Å². The van der Waals surface area contributed by atoms with Crippen LogP contribution in [0.2, 0.25) is 0 Å². The summed E-state index contributed by atoms with van der Waals surface area (Å²) in [6, 6.07) is 11.4. The third-order valence-corrected chi connectivity index (χ3v) is 5.68. The predicted octanol–water partition coefficient (Wildman–Crippen LogP) is 3.20. The van der Waals surface area contributed by atoms with Gasteiger partial charge in [0.15, 0.2) is 0 Å². The zero-order chi connectivity index (χ0) is 19.4. The second kappa shape index (κ2) is 6.15. The molecule has 0 spiro atoms. The van der Waals surface area contributed by atoms with Crippen molar-refractivity contribution in [2.45, 2.75) is 31.9 Å². The van der Waals surface area contributed by atoms with Crippen molar-refractivity contribution in [2.24, 2.45) is 5.16 Å². The normalized spacial score (nSPS) is 23.2. The number of ether oxygens (including phenoxy) is 2. The average Bonchev–Trinajstić information content (AvgIpc) is 3.23. The van der Waals surface area contributed by atoms with Crippen LogP contribution < -0.4 is 15.2 Å². The molecule has 3 aromatic rings. The van der Waals surface area contributed by atoms with Gasteiger partial charge in [0.05, 0.1) is 24.3 Å². The average molecular weight is 379 g/mol. The van der Waals surface area contributed by atoms with Crippen LogP contribution in [0, 0.1) is 0 Å². The Morgan fingerprint density at radius 3 is 2.79 bits per heavy atom. The van der Waals surface area contributed by atoms with Gasteiger partial charge in [0, 0.05) is 11.1 Å². The molecule has 3 unspecified atom stereocenters. The highest BCUT2D eigenvalue weighted by molar-refractivity contribution is 5.94. The summed E-state index contributed by atoms with van der Waals surface area (Å²) in [4.78, 5) is 21.3. The SMILES string of the molecule is COc1ccccc1C1COc2c(C3C(C)=NOC3C)ccc3[nH]c(=O)n1c23. The molecule has 0 saturated carbocycles. The third kappa shape index (κ3) is 2.28. The van der Waals surface area contributed by atoms with Crippen molar-refractivity contribution >= 4 is 16.7 Å². The van der Waals surface area contributed by atoms with Crippen molar-refractivity contribution in [3.8, 4) is 11.5 Å². The maximum absolute atomic E-state index is 12.9. The number of nitrogens with zero attached hydrogens (tertiary/aromatic N) is 2. The number of methoxy groups -OCH3 is 1. The summed E-state index contributed by atoms with van der Waals surface area (Å²) >= 11 is 0. The number of rotatable bonds is 3. The first-order valence-electron chi connectivity index (χ1n) is 9.33. The molecule has 3 heterocycles. The highest BCUT2D eigenvalue weighted by atomic mass is 16.6. The van der Waals surface area contributed by atoms with Gasteiger partial charge in [-0.2, -0.15) is 0 Å². The van der Waals surface area contributed by atoms with E-state index >= 15 is 0 Å². The minimum Gasteiger partial charge on any atom is -0.496 e. The Morgan fingerprint density at radius 1 is 1.21 bits per heavy atom. The second-order valence-electron chi connectivity index (χ2n) is 7.27. The van der Waals surface area contributed by atoms with E-state index < -0.39 is 0 Å². The van der Waals surface area contributed by atoms with Gasteiger partial charge in [0.1, 0.15) is 35.8 Å². The Morgan fingerprint density at radius 2 is 2.04 bits per heavy atom. The summed E-state index contributed by atoms with van der Waals surface area (Å²) in [5.41, 5.74) is 4.18. The van der Waals surface area contributed by atoms with Gasteiger partial charge in [0.25, 0.3) is 0 Å². The van der Waals surface area contributed by atoms with Crippen molar-refractivity contribution in [3.63, 3.8) is 0 Å². The summed E-state index contributed by atoms with van der Waals surface area (Å²) in [6.45, 7) is 4.29. The number of hydrogen-bond donors (Lipinski definition) is 1. The monoisotopic (exact) mass is 379 g/mol. The quantitative estimate of drug-likeness (QED) is 0.758. The number of imidazole rings is 1. The first-order chi connectivity index (χ1) is 13.6. The first-order valence-corrected chi connectivity index (χ1v) is 9.33. The molecule has 1 aromatic heterocycles. The van der Waals surface area contributed by atoms with Crippen molar-refractivity contribution in [3.05, 3.63) is 58.0 Å². The Labute approximate surface area is 161 Å². The Bertz CT molecular complexity index is 1160. The molecule has 0 amide bonds. The minimum absolute atomic E-state index is 0.000614. The van der Waals surface area contributed by atoms with Crippen molar-refractivity contribution < 1.29 is 14.3 Å². The molecule has 7 heteroatoms. The fourth-order valence-electron chi connectivity index (χ4n) is 4.41. The Kier molecular flexibility index (Phi) is 3.72. The number of nitrogens with one attached hydrogen (secondary N) is 1. The molecule has 5 rings (SSSR count). The standard InChI is InChI=1S/C21H21N3O4/c1-11-18(12(2)28-23-11)14-8-9-15-19-20(14)27-10-16(24(19)21(25)22-15)13-6-4-5-7-17(13)26-3/h4-9,12,16,18H,10H2,1-3H3,(H,22,25). The highest BCUT2D eigenvalue weighted by Gasteiger charge is 2.36. The molecule has 144 valence electrons. The molecule has 0 bridgehead atoms. The third-order valence-electron chi connectivity index (χ3n) is 5.68. The van der Waals surface area contributed by atoms with Gasteiger partial charge in [-0.3, -0.25) is 4.57 Å². The summed E-state index contributed by atoms with van der Waals surface area (Å²) in [5, 5.41) is 4.13. The van der Waals surface area contributed by atoms with Gasteiger partial charge in [-0.15, -0.1) is 0 Å². The molecule has 0 aliphatic carbocycles. The molecule has 2 aromatic carbocycles. The number of benzene rings is 2. The van der Waals surface area contributed by atoms with Crippen LogP contribution in [0.5, 0.6) is 11.5 Å². The van der Waals surface area contributed by atoms with E-state index in [-0.39, 0.29) is 23.8 Å². The molecule has 2 aliphatic rings. The van der Waals surface area contributed by atoms with Crippen LogP contribution >= 0.6 is 0 Å². The molecule has 0 radical (unpaired) electrons. The zero-order valence-electron chi connectivity index (χ0n) is 15.9. The van der Waals surface area contributed by atoms with Gasteiger partial charge in [-0.05, 0) is 26.0 Å². The lowest BCUT2D eigenvalue weighted by Gasteiger charge is -2.29. The van der Waals surface area contributed by atoms with Crippen LogP contribution in [0.15, 0.2) is 46.3 Å². The van der Waals surface area contributed by atoms with Gasteiger partial charge < -0.3 is 19.3 Å². The highest BCUT2D eigenvalue weighted by Crippen LogP contribution is 2.43. The van der Waals surface area contributed by atoms with Crippen molar-refractivity contribution in [1.29, 1.82) is 0 Å². The van der Waals surface area contributed by atoms with E-state index in [1.165, 1.54) is 0 Å². The van der Waals surface area contributed by atoms with E-state index in [1.807, 2.05) is 50.2 Å². The topological polar surface area (TPSA) is 77.8 Å². The van der Waals surface area contributed by atoms with Crippen molar-refractivity contribution in [2.75, 3.05) is 13.7 Å². The lowest BCUT2D eigenvalue weighted by molar-refractivity contribution is 0.0897. The molecule has 0 fully saturated rings. The van der Waals surface area contributed by atoms with E-state index in [0.29, 0.717) is 6.61 Å². The molecule has 0 saturated heterocycles. The largest absolute Gasteiger partial charge is 0.496 e. The number of oxime groups is 1. The molecule has 28 heavy (non-hydrogen) atoms. The number of aromatic amines is 1. The van der Waals surface area contributed by atoms with Crippen LogP contribution in [0.3, 0.4) is 0 Å². The fourth-order valence-corrected chi connectivity index (χ4v) is 4.41. The minimum atomic E-state index is -0.271. The fraction of sp³-hybridized carbons (Fsp3) is 0.333. The van der Waals surface area contributed by atoms with Gasteiger partial charge in [-0.25, -0.2) is 4.79 Å². The second-order valence-corrected chi connectivity index (χ2v) is 7.27. The first kappa shape index (κ1) is 16.9. The van der Waals surface area contributed by atoms with Crippen molar-refractivity contribution in [1.82, 2.24) is 9.55 Å². The van der Waals surface area contributed by atoms with Gasteiger partial charge in [-0.1, -0.05) is 29.4 Å². The predicted molar refractivity (Wildman–Crippen MR) is 106 cm³/mol. The van der Waals surface area contributed by atoms with E-state index in [2.05, 4.69) is 10.1 Å². The maximum Gasteiger partial charge on any atom is 0.327 e. The molecule has 1 N–H and O–H groups in total. The van der Waals surface area contributed by atoms with Crippen LogP contribution in [0.4, 0.5) is 0 Å². The van der Waals surface area contributed by atoms with Crippen LogP contribution in [-0.4, -0.2) is 35.1 Å². The lowest BCUT2D eigenvalue weighted by atomic mass is 9.89. The molecule has 7 nitrogen and oxygen atoms in total. The van der Waals surface area contributed by atoms with Crippen LogP contribution in [0.25, 0.3) is 11.0 Å². The molecular formula is C21H21N3O4. The number of H-pyrrole nitrogens is 1. The van der Waals surface area contributed by atoms with Crippen LogP contribution in [-0.2, 0) is 4.84 Å². The van der Waals surface area contributed by atoms with E-state index in [4.69, 9.17) is 14.3 Å². The number of aromatic nitrogens is 2. The smallest absolute Gasteiger partial charge is 0.327 e. The molecule has 2 aliphatic heterocycles. The summed E-state index contributed by atoms with van der Waals surface area (Å²) in [7, 11) is 1.63. The Balaban J connectivity index is 1.74. The summed E-state index contributed by atoms with van der Waals surface area (Å²) < 4.78 is 13.6. The van der Waals surface area contributed by atoms with Gasteiger partial charge >= 0.3 is 5.69 Å². The molecular weight excluding hydrogens is 358 g/mol. The number of para-hydroxylation sites is 1. The summed E-state index contributed by atoms with van der Waals surface area (Å²) in [6.07, 6.45) is -0.0802. The maximum atomic E-state index is 12.9. The van der Waals surface area contributed by atoms with E-state index in [1.54, 1.807) is 11.7 Å². The zero-order valence-corrected chi connectivity index (χ0v) is 15.9. The van der Waals surface area contributed by atoms with E-state index in [0.717, 1.165) is 39.4 Å². The molecule has 3 atom stereocenters. The lowest BCUT2D eigenvalue weighted by Crippen LogP contribution is -2.31. The number of hydrogen-bond acceptors (Lipinski definition) is 5. The van der Waals surface area contributed by atoms with Crippen LogP contribution in [0.1, 0.15) is 36.9 Å². The van der Waals surface area contributed by atoms with Gasteiger partial charge in [0.2, 0.25) is 0 Å².